The average Bonchev–Trinajstić information content (AvgIpc) is 2.93. The molecule has 1 aliphatic rings. The van der Waals surface area contributed by atoms with E-state index < -0.39 is 24.3 Å². The van der Waals surface area contributed by atoms with E-state index in [1.807, 2.05) is 12.2 Å². The van der Waals surface area contributed by atoms with Crippen LogP contribution in [0.15, 0.2) is 48.6 Å². The van der Waals surface area contributed by atoms with Crippen molar-refractivity contribution in [1.29, 1.82) is 0 Å². The Balaban J connectivity index is 1.83. The number of allylic oxidation sites excluding steroid dienone is 2. The summed E-state index contributed by atoms with van der Waals surface area (Å²) in [6, 6.07) is 6.90. The van der Waals surface area contributed by atoms with Gasteiger partial charge in [-0.05, 0) is 43.4 Å². The van der Waals surface area contributed by atoms with Gasteiger partial charge in [-0.15, -0.1) is 0 Å². The molecule has 0 amide bonds. The third-order valence-corrected chi connectivity index (χ3v) is 5.26. The van der Waals surface area contributed by atoms with Crippen molar-refractivity contribution in [3.63, 3.8) is 0 Å². The van der Waals surface area contributed by atoms with Crippen LogP contribution < -0.4 is 4.74 Å². The predicted molar refractivity (Wildman–Crippen MR) is 111 cm³/mol. The normalized spacial score (nSPS) is 25.7. The Kier molecular flexibility index (Phi) is 9.67. The highest BCUT2D eigenvalue weighted by molar-refractivity contribution is 6.30. The van der Waals surface area contributed by atoms with Gasteiger partial charge in [0.05, 0.1) is 12.2 Å². The summed E-state index contributed by atoms with van der Waals surface area (Å²) in [5.41, 5.74) is 0. The number of benzene rings is 1. The maximum atomic E-state index is 10.5. The van der Waals surface area contributed by atoms with Crippen LogP contribution in [0.3, 0.4) is 0 Å². The Labute approximate surface area is 176 Å². The van der Waals surface area contributed by atoms with Gasteiger partial charge in [0.2, 0.25) is 0 Å². The van der Waals surface area contributed by atoms with Crippen LogP contribution in [0.5, 0.6) is 5.75 Å². The Hall–Kier alpha value is -1.86. The highest BCUT2D eigenvalue weighted by atomic mass is 35.5. The number of hydrogen-bond acceptors (Lipinski definition) is 5. The monoisotopic (exact) mass is 424 g/mol. The van der Waals surface area contributed by atoms with E-state index in [1.54, 1.807) is 36.4 Å². The SMILES string of the molecule is O=C(O)CCC/C=C\C[C@@H]1[C@@H](/C=C/[C@H](O)COc2cccc(Cl)c2)[C@@H](O)C[C@H]1O. The maximum absolute atomic E-state index is 10.5. The molecule has 1 aromatic rings. The van der Waals surface area contributed by atoms with E-state index in [1.165, 1.54) is 0 Å². The van der Waals surface area contributed by atoms with E-state index in [4.69, 9.17) is 21.4 Å². The van der Waals surface area contributed by atoms with Gasteiger partial charge in [0.15, 0.2) is 0 Å². The maximum Gasteiger partial charge on any atom is 0.303 e. The molecule has 1 aromatic carbocycles. The number of carbonyl (C=O) groups is 1. The van der Waals surface area contributed by atoms with E-state index in [9.17, 15) is 20.1 Å². The number of carboxylic acids is 1. The number of ether oxygens (including phenoxy) is 1. The fourth-order valence-corrected chi connectivity index (χ4v) is 3.68. The first kappa shape index (κ1) is 23.4. The molecule has 1 fully saturated rings. The Morgan fingerprint density at radius 1 is 1.28 bits per heavy atom. The molecule has 0 aliphatic heterocycles. The van der Waals surface area contributed by atoms with E-state index in [2.05, 4.69) is 0 Å². The average molecular weight is 425 g/mol. The second-order valence-electron chi connectivity index (χ2n) is 7.33. The van der Waals surface area contributed by atoms with Gasteiger partial charge in [-0.2, -0.15) is 0 Å². The summed E-state index contributed by atoms with van der Waals surface area (Å²) in [5.74, 6) is -0.671. The van der Waals surface area contributed by atoms with Crippen molar-refractivity contribution >= 4 is 17.6 Å². The molecule has 0 saturated heterocycles. The zero-order chi connectivity index (χ0) is 21.2. The Bertz CT molecular complexity index is 704. The highest BCUT2D eigenvalue weighted by Crippen LogP contribution is 2.36. The lowest BCUT2D eigenvalue weighted by Gasteiger charge is -2.19. The molecule has 2 rings (SSSR count). The number of rotatable bonds is 11. The van der Waals surface area contributed by atoms with Gasteiger partial charge >= 0.3 is 5.97 Å². The smallest absolute Gasteiger partial charge is 0.303 e. The van der Waals surface area contributed by atoms with Gasteiger partial charge < -0.3 is 25.2 Å². The van der Waals surface area contributed by atoms with Crippen molar-refractivity contribution < 1.29 is 30.0 Å². The Morgan fingerprint density at radius 2 is 2.07 bits per heavy atom. The minimum Gasteiger partial charge on any atom is -0.491 e. The van der Waals surface area contributed by atoms with Crippen LogP contribution in [0.4, 0.5) is 0 Å². The molecule has 0 aromatic heterocycles. The zero-order valence-corrected chi connectivity index (χ0v) is 17.0. The second-order valence-corrected chi connectivity index (χ2v) is 7.76. The number of aliphatic carboxylic acids is 1. The second kappa shape index (κ2) is 12.0. The molecule has 0 radical (unpaired) electrons. The van der Waals surface area contributed by atoms with E-state index in [-0.39, 0.29) is 24.9 Å². The van der Waals surface area contributed by atoms with Crippen molar-refractivity contribution in [1.82, 2.24) is 0 Å². The largest absolute Gasteiger partial charge is 0.491 e. The summed E-state index contributed by atoms with van der Waals surface area (Å²) in [7, 11) is 0. The van der Waals surface area contributed by atoms with Crippen LogP contribution in [0, 0.1) is 11.8 Å². The quantitative estimate of drug-likeness (QED) is 0.321. The standard InChI is InChI=1S/C22H29ClO6/c23-15-6-5-7-17(12-15)29-14-16(24)10-11-19-18(20(25)13-21(19)26)8-3-1-2-4-9-22(27)28/h1,3,5-7,10-12,16,18-21,24-26H,2,4,8-9,13-14H2,(H,27,28)/b3-1-,11-10+/t16-,18+,19+,20+,21-/m0/s1. The summed E-state index contributed by atoms with van der Waals surface area (Å²) in [4.78, 5) is 10.5. The summed E-state index contributed by atoms with van der Waals surface area (Å²) < 4.78 is 5.51. The van der Waals surface area contributed by atoms with Gasteiger partial charge in [0.1, 0.15) is 18.5 Å². The van der Waals surface area contributed by atoms with Crippen molar-refractivity contribution in [2.75, 3.05) is 6.61 Å². The number of hydrogen-bond donors (Lipinski definition) is 4. The molecule has 1 saturated carbocycles. The molecule has 0 unspecified atom stereocenters. The van der Waals surface area contributed by atoms with Crippen LogP contribution in [-0.4, -0.2) is 51.3 Å². The number of carboxylic acid groups (broad SMARTS) is 1. The fourth-order valence-electron chi connectivity index (χ4n) is 3.50. The van der Waals surface area contributed by atoms with E-state index in [0.717, 1.165) is 0 Å². The Morgan fingerprint density at radius 3 is 2.79 bits per heavy atom. The zero-order valence-electron chi connectivity index (χ0n) is 16.2. The van der Waals surface area contributed by atoms with Crippen molar-refractivity contribution in [2.24, 2.45) is 11.8 Å². The number of aliphatic hydroxyl groups is 3. The lowest BCUT2D eigenvalue weighted by Crippen LogP contribution is -2.21. The van der Waals surface area contributed by atoms with Crippen LogP contribution >= 0.6 is 11.6 Å². The lowest BCUT2D eigenvalue weighted by atomic mass is 9.89. The van der Waals surface area contributed by atoms with Gasteiger partial charge in [-0.3, -0.25) is 4.79 Å². The molecule has 6 nitrogen and oxygen atoms in total. The van der Waals surface area contributed by atoms with Crippen molar-refractivity contribution in [3.05, 3.63) is 53.6 Å². The van der Waals surface area contributed by atoms with Crippen LogP contribution in [0.2, 0.25) is 5.02 Å². The van der Waals surface area contributed by atoms with Gasteiger partial charge in [0.25, 0.3) is 0 Å². The van der Waals surface area contributed by atoms with Crippen molar-refractivity contribution in [2.45, 2.75) is 50.4 Å². The van der Waals surface area contributed by atoms with E-state index >= 15 is 0 Å². The van der Waals surface area contributed by atoms with Gasteiger partial charge in [-0.1, -0.05) is 42.0 Å². The molecule has 1 aliphatic carbocycles. The molecule has 0 bridgehead atoms. The summed E-state index contributed by atoms with van der Waals surface area (Å²) in [5, 5.41) is 39.8. The fraction of sp³-hybridized carbons (Fsp3) is 0.500. The predicted octanol–water partition coefficient (Wildman–Crippen LogP) is 3.20. The molecule has 0 spiro atoms. The number of halogens is 1. The van der Waals surface area contributed by atoms with Crippen LogP contribution in [-0.2, 0) is 4.79 Å². The molecule has 160 valence electrons. The van der Waals surface area contributed by atoms with Crippen molar-refractivity contribution in [3.8, 4) is 5.75 Å². The first-order valence-electron chi connectivity index (χ1n) is 9.84. The first-order valence-corrected chi connectivity index (χ1v) is 10.2. The summed E-state index contributed by atoms with van der Waals surface area (Å²) in [6.45, 7) is 0.0519. The minimum atomic E-state index is -0.855. The highest BCUT2D eigenvalue weighted by Gasteiger charge is 2.39. The molecule has 5 atom stereocenters. The topological polar surface area (TPSA) is 107 Å². The molecule has 29 heavy (non-hydrogen) atoms. The third-order valence-electron chi connectivity index (χ3n) is 5.02. The molecular formula is C22H29ClO6. The van der Waals surface area contributed by atoms with Gasteiger partial charge in [-0.25, -0.2) is 0 Å². The summed E-state index contributed by atoms with van der Waals surface area (Å²) in [6.07, 6.45) is 7.26. The third kappa shape index (κ3) is 8.19. The van der Waals surface area contributed by atoms with Crippen LogP contribution in [0.1, 0.15) is 32.1 Å². The molecule has 4 N–H and O–H groups in total. The van der Waals surface area contributed by atoms with Gasteiger partial charge in [0, 0.05) is 23.8 Å². The minimum absolute atomic E-state index is 0.0519. The molecule has 7 heteroatoms. The number of unbranched alkanes of at least 4 members (excludes halogenated alkanes) is 1. The first-order chi connectivity index (χ1) is 13.9. The molecule has 0 heterocycles. The van der Waals surface area contributed by atoms with E-state index in [0.29, 0.717) is 36.5 Å². The molecular weight excluding hydrogens is 396 g/mol. The number of aliphatic hydroxyl groups excluding tert-OH is 3. The lowest BCUT2D eigenvalue weighted by molar-refractivity contribution is -0.137. The van der Waals surface area contributed by atoms with Crippen LogP contribution in [0.25, 0.3) is 0 Å². The summed E-state index contributed by atoms with van der Waals surface area (Å²) >= 11 is 5.90.